The molecular weight excluding hydrogens is 855 g/mol. The fourth-order valence-electron chi connectivity index (χ4n) is 11.0. The predicted molar refractivity (Wildman–Crippen MR) is 301 cm³/mol. The first-order valence-corrected chi connectivity index (χ1v) is 25.1. The zero-order valence-corrected chi connectivity index (χ0v) is 40.3. The molecule has 340 valence electrons. The first-order chi connectivity index (χ1) is 34.9. The standard InChI is InChI=1S/C70H55N/c1-70(2)68-46-49(22-43-65(58-19-10-5-11-20-58)59-31-28-55(29-32-59)54-26-24-53(25-27-54)50-14-6-3-7-15-50)23-44-66(68)67-45-42-64(48-69(67)70)71(62-38-34-56(35-39-62)51-16-8-4-9-17-51)63-40-36-57(37-41-63)61-33-30-52-18-12-13-21-60(52)47-61/h3-21,23-42,44-48,65H,22,43H2,1-2H3/t65-/m0/s1. The van der Waals surface area contributed by atoms with E-state index < -0.39 is 0 Å². The van der Waals surface area contributed by atoms with E-state index in [1.807, 2.05) is 0 Å². The van der Waals surface area contributed by atoms with E-state index in [9.17, 15) is 0 Å². The normalized spacial score (nSPS) is 12.8. The summed E-state index contributed by atoms with van der Waals surface area (Å²) in [7, 11) is 0. The maximum absolute atomic E-state index is 2.50. The molecule has 1 nitrogen and oxygen atoms in total. The highest BCUT2D eigenvalue weighted by molar-refractivity contribution is 5.89. The third-order valence-electron chi connectivity index (χ3n) is 15.0. The van der Waals surface area contributed by atoms with Gasteiger partial charge in [0.2, 0.25) is 0 Å². The van der Waals surface area contributed by atoms with Crippen LogP contribution in [0.3, 0.4) is 0 Å². The maximum Gasteiger partial charge on any atom is 0.0465 e. The minimum atomic E-state index is -0.187. The largest absolute Gasteiger partial charge is 0.310 e. The van der Waals surface area contributed by atoms with Crippen LogP contribution in [0.5, 0.6) is 0 Å². The molecule has 1 heteroatoms. The van der Waals surface area contributed by atoms with Gasteiger partial charge in [-0.15, -0.1) is 0 Å². The molecule has 0 amide bonds. The van der Waals surface area contributed by atoms with E-state index in [4.69, 9.17) is 0 Å². The van der Waals surface area contributed by atoms with E-state index in [2.05, 4.69) is 286 Å². The Morgan fingerprint density at radius 3 is 1.31 bits per heavy atom. The van der Waals surface area contributed by atoms with Crippen LogP contribution in [0.1, 0.15) is 54.0 Å². The van der Waals surface area contributed by atoms with Gasteiger partial charge in [0, 0.05) is 28.4 Å². The van der Waals surface area contributed by atoms with Gasteiger partial charge in [-0.3, -0.25) is 0 Å². The Kier molecular flexibility index (Phi) is 11.6. The molecule has 0 heterocycles. The van der Waals surface area contributed by atoms with Crippen LogP contribution in [0.2, 0.25) is 0 Å². The highest BCUT2D eigenvalue weighted by Crippen LogP contribution is 2.51. The predicted octanol–water partition coefficient (Wildman–Crippen LogP) is 19.0. The van der Waals surface area contributed by atoms with E-state index in [1.165, 1.54) is 94.2 Å². The first kappa shape index (κ1) is 43.7. The number of benzene rings is 11. The van der Waals surface area contributed by atoms with Crippen molar-refractivity contribution in [3.8, 4) is 55.6 Å². The molecule has 0 saturated carbocycles. The Labute approximate surface area is 419 Å². The van der Waals surface area contributed by atoms with Crippen LogP contribution in [0.4, 0.5) is 17.1 Å². The number of aryl methyl sites for hydroxylation is 1. The second-order valence-electron chi connectivity index (χ2n) is 19.7. The van der Waals surface area contributed by atoms with Gasteiger partial charge in [0.15, 0.2) is 0 Å². The Morgan fingerprint density at radius 2 is 0.732 bits per heavy atom. The first-order valence-electron chi connectivity index (χ1n) is 25.1. The molecule has 0 unspecified atom stereocenters. The van der Waals surface area contributed by atoms with Crippen LogP contribution in [0.25, 0.3) is 66.4 Å². The highest BCUT2D eigenvalue weighted by Gasteiger charge is 2.36. The minimum absolute atomic E-state index is 0.187. The van der Waals surface area contributed by atoms with Crippen LogP contribution in [0, 0.1) is 0 Å². The molecule has 0 aromatic heterocycles. The lowest BCUT2D eigenvalue weighted by atomic mass is 9.81. The zero-order chi connectivity index (χ0) is 47.7. The summed E-state index contributed by atoms with van der Waals surface area (Å²) in [6.07, 6.45) is 2.00. The molecule has 11 aromatic rings. The van der Waals surface area contributed by atoms with Crippen LogP contribution < -0.4 is 4.90 Å². The molecule has 0 bridgehead atoms. The number of hydrogen-bond acceptors (Lipinski definition) is 1. The number of nitrogens with zero attached hydrogens (tertiary/aromatic N) is 1. The summed E-state index contributed by atoms with van der Waals surface area (Å²) in [4.78, 5) is 2.42. The van der Waals surface area contributed by atoms with E-state index in [-0.39, 0.29) is 11.3 Å². The average molecular weight is 910 g/mol. The van der Waals surface area contributed by atoms with Crippen LogP contribution in [-0.4, -0.2) is 0 Å². The Hall–Kier alpha value is -8.52. The molecule has 0 saturated heterocycles. The van der Waals surface area contributed by atoms with Gasteiger partial charge in [-0.25, -0.2) is 0 Å². The lowest BCUT2D eigenvalue weighted by molar-refractivity contribution is 0.657. The molecule has 0 spiro atoms. The van der Waals surface area contributed by atoms with Crippen LogP contribution >= 0.6 is 0 Å². The molecule has 1 atom stereocenters. The van der Waals surface area contributed by atoms with Crippen molar-refractivity contribution in [2.75, 3.05) is 4.90 Å². The topological polar surface area (TPSA) is 3.24 Å². The van der Waals surface area contributed by atoms with Crippen molar-refractivity contribution in [2.45, 2.75) is 38.0 Å². The SMILES string of the molecule is CC1(C)c2cc(CC[C@@H](c3ccccc3)c3ccc(-c4ccc(-c5ccccc5)cc4)cc3)ccc2-c2ccc(N(c3ccc(-c4ccccc4)cc3)c3ccc(-c4ccc5ccccc5c4)cc3)cc21. The van der Waals surface area contributed by atoms with Gasteiger partial charge in [0.1, 0.15) is 0 Å². The summed E-state index contributed by atoms with van der Waals surface area (Å²) in [6, 6.07) is 98.4. The molecule has 0 fully saturated rings. The molecule has 0 radical (unpaired) electrons. The molecule has 11 aromatic carbocycles. The second-order valence-corrected chi connectivity index (χ2v) is 19.7. The van der Waals surface area contributed by atoms with Crippen molar-refractivity contribution < 1.29 is 0 Å². The number of rotatable bonds is 12. The van der Waals surface area contributed by atoms with Gasteiger partial charge in [-0.05, 0) is 150 Å². The summed E-state index contributed by atoms with van der Waals surface area (Å²) in [5.74, 6) is 0.279. The molecule has 1 aliphatic rings. The maximum atomic E-state index is 2.50. The summed E-state index contributed by atoms with van der Waals surface area (Å²) >= 11 is 0. The lowest BCUT2D eigenvalue weighted by Crippen LogP contribution is -2.17. The molecule has 71 heavy (non-hydrogen) atoms. The van der Waals surface area contributed by atoms with Gasteiger partial charge in [-0.2, -0.15) is 0 Å². The fourth-order valence-corrected chi connectivity index (χ4v) is 11.0. The van der Waals surface area contributed by atoms with Crippen LogP contribution in [-0.2, 0) is 11.8 Å². The van der Waals surface area contributed by atoms with E-state index in [0.717, 1.165) is 29.9 Å². The third kappa shape index (κ3) is 8.66. The van der Waals surface area contributed by atoms with Gasteiger partial charge < -0.3 is 4.90 Å². The fraction of sp³-hybridized carbons (Fsp3) is 0.0857. The number of anilines is 3. The second kappa shape index (κ2) is 18.8. The summed E-state index contributed by atoms with van der Waals surface area (Å²) < 4.78 is 0. The van der Waals surface area contributed by atoms with E-state index in [0.29, 0.717) is 0 Å². The van der Waals surface area contributed by atoms with Crippen molar-refractivity contribution in [3.05, 3.63) is 295 Å². The van der Waals surface area contributed by atoms with Crippen molar-refractivity contribution >= 4 is 27.8 Å². The summed E-state index contributed by atoms with van der Waals surface area (Å²) in [5, 5.41) is 2.51. The molecule has 1 aliphatic carbocycles. The minimum Gasteiger partial charge on any atom is -0.310 e. The molecule has 0 N–H and O–H groups in total. The quantitative estimate of drug-likeness (QED) is 0.118. The van der Waals surface area contributed by atoms with Crippen molar-refractivity contribution in [2.24, 2.45) is 0 Å². The van der Waals surface area contributed by atoms with Gasteiger partial charge >= 0.3 is 0 Å². The van der Waals surface area contributed by atoms with Crippen molar-refractivity contribution in [1.29, 1.82) is 0 Å². The van der Waals surface area contributed by atoms with Crippen molar-refractivity contribution in [1.82, 2.24) is 0 Å². The summed E-state index contributed by atoms with van der Waals surface area (Å²) in [5.41, 5.74) is 22.5. The lowest BCUT2D eigenvalue weighted by Gasteiger charge is -2.28. The van der Waals surface area contributed by atoms with E-state index in [1.54, 1.807) is 0 Å². The Morgan fingerprint density at radius 1 is 0.324 bits per heavy atom. The van der Waals surface area contributed by atoms with Crippen molar-refractivity contribution in [3.63, 3.8) is 0 Å². The smallest absolute Gasteiger partial charge is 0.0465 e. The number of hydrogen-bond donors (Lipinski definition) is 0. The van der Waals surface area contributed by atoms with Gasteiger partial charge in [0.05, 0.1) is 0 Å². The average Bonchev–Trinajstić information content (AvgIpc) is 3.66. The summed E-state index contributed by atoms with van der Waals surface area (Å²) in [6.45, 7) is 4.82. The van der Waals surface area contributed by atoms with E-state index >= 15 is 0 Å². The Bertz CT molecular complexity index is 3610. The highest BCUT2D eigenvalue weighted by atomic mass is 15.1. The number of fused-ring (bicyclic) bond motifs is 4. The molecule has 0 aliphatic heterocycles. The third-order valence-corrected chi connectivity index (χ3v) is 15.0. The zero-order valence-electron chi connectivity index (χ0n) is 40.3. The van der Waals surface area contributed by atoms with Gasteiger partial charge in [0.25, 0.3) is 0 Å². The monoisotopic (exact) mass is 909 g/mol. The Balaban J connectivity index is 0.825. The molecular formula is C70H55N. The molecule has 12 rings (SSSR count). The van der Waals surface area contributed by atoms with Crippen LogP contribution in [0.15, 0.2) is 267 Å². The van der Waals surface area contributed by atoms with Gasteiger partial charge in [-0.1, -0.05) is 238 Å².